The van der Waals surface area contributed by atoms with Crippen molar-refractivity contribution in [3.8, 4) is 0 Å². The van der Waals surface area contributed by atoms with Crippen LogP contribution in [0.3, 0.4) is 0 Å². The fourth-order valence-corrected chi connectivity index (χ4v) is 4.34. The number of benzene rings is 2. The van der Waals surface area contributed by atoms with Gasteiger partial charge in [0.2, 0.25) is 0 Å². The van der Waals surface area contributed by atoms with Gasteiger partial charge in [0, 0.05) is 5.56 Å². The predicted molar refractivity (Wildman–Crippen MR) is 104 cm³/mol. The van der Waals surface area contributed by atoms with Crippen LogP contribution in [-0.2, 0) is 10.0 Å². The van der Waals surface area contributed by atoms with Crippen LogP contribution in [0.4, 0.5) is 5.69 Å². The number of hydrogen-bond acceptors (Lipinski definition) is 2. The number of sulfonamides is 1. The first-order valence-corrected chi connectivity index (χ1v) is 9.86. The number of nitrogens with one attached hydrogen (secondary N) is 1. The summed E-state index contributed by atoms with van der Waals surface area (Å²) in [6.45, 7) is 8.28. The lowest BCUT2D eigenvalue weighted by Gasteiger charge is -2.16. The molecular weight excluding hydrogens is 330 g/mol. The van der Waals surface area contributed by atoms with Crippen molar-refractivity contribution in [2.24, 2.45) is 5.92 Å². The molecule has 130 valence electrons. The molecule has 3 rings (SSSR count). The Hall–Kier alpha value is -2.33. The maximum Gasteiger partial charge on any atom is 0.261 e. The van der Waals surface area contributed by atoms with Gasteiger partial charge in [0.15, 0.2) is 0 Å². The van der Waals surface area contributed by atoms with Gasteiger partial charge >= 0.3 is 0 Å². The lowest BCUT2D eigenvalue weighted by molar-refractivity contribution is 0.601. The van der Waals surface area contributed by atoms with Crippen molar-refractivity contribution in [3.05, 3.63) is 76.9 Å². The SMILES string of the molecule is CC1=CC(C)C(C)=C1c1ccccc1NS(=O)(=O)c1ccc(C)cc1. The first-order valence-electron chi connectivity index (χ1n) is 8.38. The number of rotatable bonds is 4. The van der Waals surface area contributed by atoms with Crippen LogP contribution in [0.2, 0.25) is 0 Å². The number of hydrogen-bond donors (Lipinski definition) is 1. The lowest BCUT2D eigenvalue weighted by atomic mass is 9.96. The molecule has 2 aromatic rings. The highest BCUT2D eigenvalue weighted by Gasteiger charge is 2.23. The molecule has 2 aromatic carbocycles. The summed E-state index contributed by atoms with van der Waals surface area (Å²) in [4.78, 5) is 0.269. The third-order valence-corrected chi connectivity index (χ3v) is 6.13. The number of anilines is 1. The van der Waals surface area contributed by atoms with Crippen molar-refractivity contribution in [3.63, 3.8) is 0 Å². The highest BCUT2D eigenvalue weighted by Crippen LogP contribution is 2.40. The average Bonchev–Trinajstić information content (AvgIpc) is 2.81. The average molecular weight is 353 g/mol. The molecule has 4 heteroatoms. The highest BCUT2D eigenvalue weighted by atomic mass is 32.2. The minimum absolute atomic E-state index is 0.269. The molecule has 1 aliphatic carbocycles. The predicted octanol–water partition coefficient (Wildman–Crippen LogP) is 5.17. The second-order valence-electron chi connectivity index (χ2n) is 6.66. The van der Waals surface area contributed by atoms with E-state index in [1.165, 1.54) is 11.1 Å². The second-order valence-corrected chi connectivity index (χ2v) is 8.34. The molecule has 0 amide bonds. The molecule has 1 atom stereocenters. The van der Waals surface area contributed by atoms with E-state index in [1.807, 2.05) is 31.2 Å². The van der Waals surface area contributed by atoms with Crippen molar-refractivity contribution in [2.75, 3.05) is 4.72 Å². The molecule has 0 saturated carbocycles. The molecule has 0 saturated heterocycles. The van der Waals surface area contributed by atoms with Gasteiger partial charge < -0.3 is 0 Å². The van der Waals surface area contributed by atoms with E-state index in [9.17, 15) is 8.42 Å². The van der Waals surface area contributed by atoms with Crippen LogP contribution in [-0.4, -0.2) is 8.42 Å². The maximum absolute atomic E-state index is 12.8. The van der Waals surface area contributed by atoms with Gasteiger partial charge in [-0.1, -0.05) is 54.5 Å². The van der Waals surface area contributed by atoms with Gasteiger partial charge in [-0.05, 0) is 56.0 Å². The summed E-state index contributed by atoms with van der Waals surface area (Å²) >= 11 is 0. The number of aryl methyl sites for hydroxylation is 1. The van der Waals surface area contributed by atoms with Crippen molar-refractivity contribution in [1.82, 2.24) is 0 Å². The van der Waals surface area contributed by atoms with E-state index < -0.39 is 10.0 Å². The Bertz CT molecular complexity index is 967. The zero-order chi connectivity index (χ0) is 18.2. The van der Waals surface area contributed by atoms with E-state index in [1.54, 1.807) is 24.3 Å². The summed E-state index contributed by atoms with van der Waals surface area (Å²) in [5, 5.41) is 0. The lowest BCUT2D eigenvalue weighted by Crippen LogP contribution is -2.14. The van der Waals surface area contributed by atoms with E-state index in [-0.39, 0.29) is 4.90 Å². The van der Waals surface area contributed by atoms with Gasteiger partial charge in [0.25, 0.3) is 10.0 Å². The highest BCUT2D eigenvalue weighted by molar-refractivity contribution is 7.92. The zero-order valence-electron chi connectivity index (χ0n) is 15.0. The first kappa shape index (κ1) is 17.5. The van der Waals surface area contributed by atoms with Gasteiger partial charge in [-0.15, -0.1) is 0 Å². The summed E-state index contributed by atoms with van der Waals surface area (Å²) in [5.74, 6) is 0.372. The second kappa shape index (κ2) is 6.52. The van der Waals surface area contributed by atoms with Crippen LogP contribution in [0, 0.1) is 12.8 Å². The largest absolute Gasteiger partial charge is 0.279 e. The van der Waals surface area contributed by atoms with Gasteiger partial charge in [0.1, 0.15) is 0 Å². The summed E-state index contributed by atoms with van der Waals surface area (Å²) in [6.07, 6.45) is 2.22. The molecule has 0 heterocycles. The Morgan fingerprint density at radius 1 is 0.920 bits per heavy atom. The molecule has 3 nitrogen and oxygen atoms in total. The van der Waals surface area contributed by atoms with Crippen molar-refractivity contribution < 1.29 is 8.42 Å². The van der Waals surface area contributed by atoms with Gasteiger partial charge in [-0.25, -0.2) is 8.42 Å². The van der Waals surface area contributed by atoms with Crippen molar-refractivity contribution >= 4 is 21.3 Å². The first-order chi connectivity index (χ1) is 11.8. The van der Waals surface area contributed by atoms with Gasteiger partial charge in [0.05, 0.1) is 10.6 Å². The molecular formula is C21H23NO2S. The Kier molecular flexibility index (Phi) is 4.56. The van der Waals surface area contributed by atoms with E-state index >= 15 is 0 Å². The molecule has 1 aliphatic rings. The molecule has 0 aliphatic heterocycles. The third kappa shape index (κ3) is 3.40. The van der Waals surface area contributed by atoms with E-state index in [0.717, 1.165) is 16.7 Å². The molecule has 25 heavy (non-hydrogen) atoms. The minimum atomic E-state index is -3.62. The Morgan fingerprint density at radius 3 is 2.16 bits per heavy atom. The van der Waals surface area contributed by atoms with Crippen molar-refractivity contribution in [2.45, 2.75) is 32.6 Å². The zero-order valence-corrected chi connectivity index (χ0v) is 15.8. The monoisotopic (exact) mass is 353 g/mol. The van der Waals surface area contributed by atoms with E-state index in [4.69, 9.17) is 0 Å². The van der Waals surface area contributed by atoms with E-state index in [0.29, 0.717) is 11.6 Å². The molecule has 1 unspecified atom stereocenters. The molecule has 0 spiro atoms. The van der Waals surface area contributed by atoms with Crippen LogP contribution in [0.15, 0.2) is 70.6 Å². The Morgan fingerprint density at radius 2 is 1.56 bits per heavy atom. The van der Waals surface area contributed by atoms with Gasteiger partial charge in [-0.2, -0.15) is 0 Å². The smallest absolute Gasteiger partial charge is 0.261 e. The summed E-state index contributed by atoms with van der Waals surface area (Å²) < 4.78 is 28.3. The standard InChI is InChI=1S/C21H23NO2S/c1-14-9-11-18(12-10-14)25(23,24)22-20-8-6-5-7-19(20)21-16(3)13-15(2)17(21)4/h5-13,15,22H,1-4H3. The normalized spacial score (nSPS) is 17.6. The molecule has 0 aromatic heterocycles. The maximum atomic E-state index is 12.8. The topological polar surface area (TPSA) is 46.2 Å². The quantitative estimate of drug-likeness (QED) is 0.824. The van der Waals surface area contributed by atoms with Crippen LogP contribution in [0.5, 0.6) is 0 Å². The summed E-state index contributed by atoms with van der Waals surface area (Å²) in [5.41, 5.74) is 6.15. The molecule has 1 N–H and O–H groups in total. The number of para-hydroxylation sites is 1. The Balaban J connectivity index is 2.03. The Labute approximate surface area is 150 Å². The van der Waals surface area contributed by atoms with Crippen molar-refractivity contribution in [1.29, 1.82) is 0 Å². The van der Waals surface area contributed by atoms with Crippen LogP contribution < -0.4 is 4.72 Å². The molecule has 0 fully saturated rings. The van der Waals surface area contributed by atoms with Crippen LogP contribution in [0.25, 0.3) is 5.57 Å². The fourth-order valence-electron chi connectivity index (χ4n) is 3.26. The summed E-state index contributed by atoms with van der Waals surface area (Å²) in [7, 11) is -3.62. The van der Waals surface area contributed by atoms with Crippen LogP contribution in [0.1, 0.15) is 31.9 Å². The minimum Gasteiger partial charge on any atom is -0.279 e. The fraction of sp³-hybridized carbons (Fsp3) is 0.238. The van der Waals surface area contributed by atoms with Crippen LogP contribution >= 0.6 is 0 Å². The van der Waals surface area contributed by atoms with Gasteiger partial charge in [-0.3, -0.25) is 4.72 Å². The number of allylic oxidation sites excluding steroid dienone is 4. The summed E-state index contributed by atoms with van der Waals surface area (Å²) in [6, 6.07) is 14.5. The third-order valence-electron chi connectivity index (χ3n) is 4.74. The molecule has 0 bridgehead atoms. The van der Waals surface area contributed by atoms with E-state index in [2.05, 4.69) is 31.6 Å². The molecule has 0 radical (unpaired) electrons.